The summed E-state index contributed by atoms with van der Waals surface area (Å²) in [5, 5.41) is 2.47. The zero-order valence-corrected chi connectivity index (χ0v) is 12.3. The minimum Gasteiger partial charge on any atom is -0.460 e. The molecule has 0 radical (unpaired) electrons. The lowest BCUT2D eigenvalue weighted by molar-refractivity contribution is -0.155. The topological polar surface area (TPSA) is 55.4 Å². The second kappa shape index (κ2) is 7.15. The van der Waals surface area contributed by atoms with E-state index in [1.165, 1.54) is 6.07 Å². The fraction of sp³-hybridized carbons (Fsp3) is 0.467. The minimum absolute atomic E-state index is 0.0439. The van der Waals surface area contributed by atoms with Crippen molar-refractivity contribution in [3.63, 3.8) is 0 Å². The number of benzene rings is 1. The second-order valence-corrected chi connectivity index (χ2v) is 5.60. The first-order valence-corrected chi connectivity index (χ1v) is 6.60. The SMILES string of the molecule is CC(C)(C)OC(=O)CCC(=O)NCc1ccc(F)cc1F. The highest BCUT2D eigenvalue weighted by Gasteiger charge is 2.17. The van der Waals surface area contributed by atoms with E-state index in [1.54, 1.807) is 20.8 Å². The molecule has 0 atom stereocenters. The third kappa shape index (κ3) is 6.83. The number of carbonyl (C=O) groups is 2. The second-order valence-electron chi connectivity index (χ2n) is 5.60. The number of rotatable bonds is 5. The molecular weight excluding hydrogens is 280 g/mol. The molecule has 0 unspecified atom stereocenters. The van der Waals surface area contributed by atoms with Crippen LogP contribution in [0.3, 0.4) is 0 Å². The maximum atomic E-state index is 13.3. The zero-order valence-electron chi connectivity index (χ0n) is 12.3. The summed E-state index contributed by atoms with van der Waals surface area (Å²) < 4.78 is 31.1. The minimum atomic E-state index is -0.720. The van der Waals surface area contributed by atoms with Crippen LogP contribution in [0, 0.1) is 11.6 Å². The van der Waals surface area contributed by atoms with Gasteiger partial charge in [-0.25, -0.2) is 8.78 Å². The zero-order chi connectivity index (χ0) is 16.0. The average molecular weight is 299 g/mol. The van der Waals surface area contributed by atoms with Gasteiger partial charge < -0.3 is 10.1 Å². The molecule has 1 aromatic carbocycles. The Morgan fingerprint density at radius 3 is 2.43 bits per heavy atom. The number of amides is 1. The molecule has 0 aliphatic rings. The molecule has 1 amide bonds. The van der Waals surface area contributed by atoms with E-state index in [1.807, 2.05) is 0 Å². The standard InChI is InChI=1S/C15H19F2NO3/c1-15(2,3)21-14(20)7-6-13(19)18-9-10-4-5-11(16)8-12(10)17/h4-5,8H,6-7,9H2,1-3H3,(H,18,19). The Labute approximate surface area is 122 Å². The molecule has 0 bridgehead atoms. The van der Waals surface area contributed by atoms with Gasteiger partial charge in [0.2, 0.25) is 5.91 Å². The normalized spacial score (nSPS) is 11.1. The molecule has 1 rings (SSSR count). The van der Waals surface area contributed by atoms with Gasteiger partial charge in [-0.3, -0.25) is 9.59 Å². The molecule has 1 aromatic rings. The Bertz CT molecular complexity index is 524. The van der Waals surface area contributed by atoms with Gasteiger partial charge in [0, 0.05) is 24.6 Å². The van der Waals surface area contributed by atoms with E-state index in [0.29, 0.717) is 0 Å². The molecule has 21 heavy (non-hydrogen) atoms. The number of nitrogens with one attached hydrogen (secondary N) is 1. The largest absolute Gasteiger partial charge is 0.460 e. The molecule has 0 saturated heterocycles. The Hall–Kier alpha value is -1.98. The van der Waals surface area contributed by atoms with Crippen LogP contribution >= 0.6 is 0 Å². The summed E-state index contributed by atoms with van der Waals surface area (Å²) >= 11 is 0. The summed E-state index contributed by atoms with van der Waals surface area (Å²) in [6, 6.07) is 3.13. The van der Waals surface area contributed by atoms with Gasteiger partial charge in [0.05, 0.1) is 6.42 Å². The molecular formula is C15H19F2NO3. The van der Waals surface area contributed by atoms with Crippen LogP contribution in [0.25, 0.3) is 0 Å². The van der Waals surface area contributed by atoms with Crippen molar-refractivity contribution < 1.29 is 23.1 Å². The fourth-order valence-electron chi connectivity index (χ4n) is 1.56. The molecule has 1 N–H and O–H groups in total. The molecule has 0 heterocycles. The lowest BCUT2D eigenvalue weighted by Crippen LogP contribution is -2.27. The van der Waals surface area contributed by atoms with Crippen LogP contribution in [0.15, 0.2) is 18.2 Å². The van der Waals surface area contributed by atoms with Crippen molar-refractivity contribution in [2.45, 2.75) is 45.8 Å². The summed E-state index contributed by atoms with van der Waals surface area (Å²) in [6.07, 6.45) is -0.0905. The molecule has 4 nitrogen and oxygen atoms in total. The van der Waals surface area contributed by atoms with Crippen LogP contribution in [0.5, 0.6) is 0 Å². The van der Waals surface area contributed by atoms with Crippen LogP contribution < -0.4 is 5.32 Å². The van der Waals surface area contributed by atoms with Gasteiger partial charge in [0.15, 0.2) is 0 Å². The molecule has 0 aliphatic heterocycles. The number of ether oxygens (including phenoxy) is 1. The van der Waals surface area contributed by atoms with Gasteiger partial charge in [-0.1, -0.05) is 6.07 Å². The van der Waals surface area contributed by atoms with Crippen molar-refractivity contribution in [1.82, 2.24) is 5.32 Å². The van der Waals surface area contributed by atoms with Crippen molar-refractivity contribution in [3.05, 3.63) is 35.4 Å². The highest BCUT2D eigenvalue weighted by Crippen LogP contribution is 2.10. The summed E-state index contributed by atoms with van der Waals surface area (Å²) in [4.78, 5) is 23.0. The molecule has 0 fully saturated rings. The summed E-state index contributed by atoms with van der Waals surface area (Å²) in [6.45, 7) is 5.16. The maximum Gasteiger partial charge on any atom is 0.306 e. The summed E-state index contributed by atoms with van der Waals surface area (Å²) in [5.74, 6) is -2.26. The first-order valence-electron chi connectivity index (χ1n) is 6.60. The first-order chi connectivity index (χ1) is 9.67. The third-order valence-electron chi connectivity index (χ3n) is 2.47. The maximum absolute atomic E-state index is 13.3. The highest BCUT2D eigenvalue weighted by atomic mass is 19.1. The summed E-state index contributed by atoms with van der Waals surface area (Å²) in [5.41, 5.74) is -0.410. The predicted molar refractivity (Wildman–Crippen MR) is 73.3 cm³/mol. The lowest BCUT2D eigenvalue weighted by atomic mass is 10.2. The Kier molecular flexibility index (Phi) is 5.81. The van der Waals surface area contributed by atoms with E-state index in [2.05, 4.69) is 5.32 Å². The monoisotopic (exact) mass is 299 g/mol. The molecule has 116 valence electrons. The number of hydrogen-bond acceptors (Lipinski definition) is 3. The van der Waals surface area contributed by atoms with E-state index < -0.39 is 29.1 Å². The van der Waals surface area contributed by atoms with E-state index in [4.69, 9.17) is 4.74 Å². The smallest absolute Gasteiger partial charge is 0.306 e. The fourth-order valence-corrected chi connectivity index (χ4v) is 1.56. The van der Waals surface area contributed by atoms with Crippen molar-refractivity contribution in [2.24, 2.45) is 0 Å². The molecule has 6 heteroatoms. The van der Waals surface area contributed by atoms with Gasteiger partial charge in [-0.15, -0.1) is 0 Å². The Balaban J connectivity index is 2.36. The van der Waals surface area contributed by atoms with Gasteiger partial charge in [0.25, 0.3) is 0 Å². The third-order valence-corrected chi connectivity index (χ3v) is 2.47. The Morgan fingerprint density at radius 1 is 1.19 bits per heavy atom. The van der Waals surface area contributed by atoms with Crippen LogP contribution in [0.1, 0.15) is 39.2 Å². The van der Waals surface area contributed by atoms with Gasteiger partial charge in [-0.05, 0) is 26.8 Å². The summed E-state index contributed by atoms with van der Waals surface area (Å²) in [7, 11) is 0. The number of carbonyl (C=O) groups excluding carboxylic acids is 2. The first kappa shape index (κ1) is 17.1. The van der Waals surface area contributed by atoms with E-state index in [0.717, 1.165) is 12.1 Å². The van der Waals surface area contributed by atoms with Crippen molar-refractivity contribution in [2.75, 3.05) is 0 Å². The van der Waals surface area contributed by atoms with Crippen molar-refractivity contribution >= 4 is 11.9 Å². The molecule has 0 saturated carbocycles. The molecule has 0 spiro atoms. The lowest BCUT2D eigenvalue weighted by Gasteiger charge is -2.19. The van der Waals surface area contributed by atoms with Gasteiger partial charge in [0.1, 0.15) is 17.2 Å². The van der Waals surface area contributed by atoms with E-state index in [9.17, 15) is 18.4 Å². The predicted octanol–water partition coefficient (Wildman–Crippen LogP) is 2.70. The van der Waals surface area contributed by atoms with Crippen molar-refractivity contribution in [3.8, 4) is 0 Å². The van der Waals surface area contributed by atoms with Crippen LogP contribution in [0.2, 0.25) is 0 Å². The Morgan fingerprint density at radius 2 is 1.86 bits per heavy atom. The van der Waals surface area contributed by atoms with Crippen LogP contribution in [0.4, 0.5) is 8.78 Å². The number of hydrogen-bond donors (Lipinski definition) is 1. The van der Waals surface area contributed by atoms with Crippen LogP contribution in [-0.4, -0.2) is 17.5 Å². The van der Waals surface area contributed by atoms with Gasteiger partial charge >= 0.3 is 5.97 Å². The quantitative estimate of drug-likeness (QED) is 0.851. The highest BCUT2D eigenvalue weighted by molar-refractivity contribution is 5.81. The van der Waals surface area contributed by atoms with E-state index >= 15 is 0 Å². The van der Waals surface area contributed by atoms with Gasteiger partial charge in [-0.2, -0.15) is 0 Å². The molecule has 0 aliphatic carbocycles. The van der Waals surface area contributed by atoms with Crippen LogP contribution in [-0.2, 0) is 20.9 Å². The van der Waals surface area contributed by atoms with Crippen molar-refractivity contribution in [1.29, 1.82) is 0 Å². The molecule has 0 aromatic heterocycles. The van der Waals surface area contributed by atoms with E-state index in [-0.39, 0.29) is 24.9 Å². The average Bonchev–Trinajstić information content (AvgIpc) is 2.33. The number of esters is 1. The number of halogens is 2.